The molecule has 3 aliphatic rings. The number of nitrogens with one attached hydrogen (secondary N) is 1. The van der Waals surface area contributed by atoms with Crippen LogP contribution in [0.4, 0.5) is 0 Å². The molecule has 3 aliphatic heterocycles. The highest BCUT2D eigenvalue weighted by Crippen LogP contribution is 2.37. The van der Waals surface area contributed by atoms with Gasteiger partial charge in [-0.05, 0) is 79.9 Å². The maximum Gasteiger partial charge on any atom is 0.251 e. The van der Waals surface area contributed by atoms with Crippen molar-refractivity contribution in [2.45, 2.75) is 25.0 Å². The van der Waals surface area contributed by atoms with E-state index in [0.29, 0.717) is 29.5 Å². The SMILES string of the molecule is O=C(NCc1ccncn1)c1ccc(Oc2ccc(/C=C/C3(O)CN4CCC3CC4)cc2)cc1. The number of piperidine rings is 3. The number of carbonyl (C=O) groups excluding carboxylic acids is 1. The second-order valence-electron chi connectivity index (χ2n) is 8.95. The molecule has 3 fully saturated rings. The third-order valence-corrected chi connectivity index (χ3v) is 6.64. The summed E-state index contributed by atoms with van der Waals surface area (Å²) >= 11 is 0. The van der Waals surface area contributed by atoms with Crippen molar-refractivity contribution in [2.24, 2.45) is 5.92 Å². The highest BCUT2D eigenvalue weighted by atomic mass is 16.5. The largest absolute Gasteiger partial charge is 0.457 e. The van der Waals surface area contributed by atoms with Crippen LogP contribution in [0.25, 0.3) is 6.08 Å². The molecule has 1 aromatic heterocycles. The van der Waals surface area contributed by atoms with E-state index >= 15 is 0 Å². The van der Waals surface area contributed by atoms with Crippen molar-refractivity contribution in [3.63, 3.8) is 0 Å². The molecule has 3 saturated heterocycles. The second kappa shape index (κ2) is 9.75. The van der Waals surface area contributed by atoms with Gasteiger partial charge in [-0.25, -0.2) is 9.97 Å². The number of amides is 1. The van der Waals surface area contributed by atoms with E-state index in [-0.39, 0.29) is 5.91 Å². The van der Waals surface area contributed by atoms with Crippen molar-refractivity contribution in [2.75, 3.05) is 19.6 Å². The molecule has 2 aromatic carbocycles. The number of ether oxygens (including phenoxy) is 1. The summed E-state index contributed by atoms with van der Waals surface area (Å²) < 4.78 is 5.92. The predicted molar refractivity (Wildman–Crippen MR) is 129 cm³/mol. The minimum absolute atomic E-state index is 0.175. The number of rotatable bonds is 7. The lowest BCUT2D eigenvalue weighted by molar-refractivity contribution is -0.0775. The van der Waals surface area contributed by atoms with Crippen molar-refractivity contribution >= 4 is 12.0 Å². The summed E-state index contributed by atoms with van der Waals surface area (Å²) in [7, 11) is 0. The van der Waals surface area contributed by atoms with Crippen LogP contribution in [0.5, 0.6) is 11.5 Å². The number of aromatic nitrogens is 2. The van der Waals surface area contributed by atoms with E-state index in [0.717, 1.165) is 43.7 Å². The molecule has 0 saturated carbocycles. The summed E-state index contributed by atoms with van der Waals surface area (Å²) in [5, 5.41) is 13.9. The number of nitrogens with zero attached hydrogens (tertiary/aromatic N) is 3. The fourth-order valence-corrected chi connectivity index (χ4v) is 4.66. The van der Waals surface area contributed by atoms with Crippen molar-refractivity contribution < 1.29 is 14.6 Å². The van der Waals surface area contributed by atoms with E-state index in [1.165, 1.54) is 6.33 Å². The fourth-order valence-electron chi connectivity index (χ4n) is 4.66. The molecule has 6 rings (SSSR count). The molecule has 7 heteroatoms. The monoisotopic (exact) mass is 456 g/mol. The first-order chi connectivity index (χ1) is 16.6. The number of benzene rings is 2. The first-order valence-electron chi connectivity index (χ1n) is 11.6. The lowest BCUT2D eigenvalue weighted by Gasteiger charge is -2.49. The van der Waals surface area contributed by atoms with Gasteiger partial charge in [0.2, 0.25) is 0 Å². The summed E-state index contributed by atoms with van der Waals surface area (Å²) in [6.45, 7) is 3.27. The van der Waals surface area contributed by atoms with Crippen LogP contribution < -0.4 is 10.1 Å². The molecular formula is C27H28N4O3. The third kappa shape index (κ3) is 5.16. The Labute approximate surface area is 199 Å². The lowest BCUT2D eigenvalue weighted by atomic mass is 9.75. The molecule has 3 aromatic rings. The molecule has 174 valence electrons. The van der Waals surface area contributed by atoms with Gasteiger partial charge in [-0.2, -0.15) is 0 Å². The maximum absolute atomic E-state index is 12.3. The minimum atomic E-state index is -0.728. The standard InChI is InChI=1S/C27H28N4O3/c32-26(29-17-23-10-14-28-19-30-23)21-3-7-25(8-4-21)34-24-5-1-20(2-6-24)9-13-27(33)18-31-15-11-22(27)12-16-31/h1-10,13-14,19,22,33H,11-12,15-18H2,(H,29,32)/b13-9+. The highest BCUT2D eigenvalue weighted by Gasteiger charge is 2.43. The average molecular weight is 457 g/mol. The molecule has 0 radical (unpaired) electrons. The minimum Gasteiger partial charge on any atom is -0.457 e. The van der Waals surface area contributed by atoms with Crippen LogP contribution in [0.15, 0.2) is 73.2 Å². The molecule has 34 heavy (non-hydrogen) atoms. The quantitative estimate of drug-likeness (QED) is 0.564. The Morgan fingerprint density at radius 3 is 2.41 bits per heavy atom. The van der Waals surface area contributed by atoms with Gasteiger partial charge in [0.1, 0.15) is 17.8 Å². The molecule has 7 nitrogen and oxygen atoms in total. The molecule has 1 unspecified atom stereocenters. The maximum atomic E-state index is 12.3. The lowest BCUT2D eigenvalue weighted by Crippen LogP contribution is -2.58. The Bertz CT molecular complexity index is 1140. The topological polar surface area (TPSA) is 87.6 Å². The van der Waals surface area contributed by atoms with Crippen LogP contribution in [-0.4, -0.2) is 51.1 Å². The van der Waals surface area contributed by atoms with Gasteiger partial charge >= 0.3 is 0 Å². The van der Waals surface area contributed by atoms with E-state index in [1.54, 1.807) is 36.5 Å². The molecule has 0 spiro atoms. The van der Waals surface area contributed by atoms with Gasteiger partial charge in [0.15, 0.2) is 0 Å². The highest BCUT2D eigenvalue weighted by molar-refractivity contribution is 5.94. The van der Waals surface area contributed by atoms with Crippen LogP contribution in [0, 0.1) is 5.92 Å². The first-order valence-corrected chi connectivity index (χ1v) is 11.6. The van der Waals surface area contributed by atoms with E-state index in [1.807, 2.05) is 36.4 Å². The van der Waals surface area contributed by atoms with Crippen LogP contribution in [0.2, 0.25) is 0 Å². The summed E-state index contributed by atoms with van der Waals surface area (Å²) in [6, 6.07) is 16.5. The molecular weight excluding hydrogens is 428 g/mol. The van der Waals surface area contributed by atoms with Gasteiger partial charge in [-0.3, -0.25) is 4.79 Å². The Hall–Kier alpha value is -3.55. The van der Waals surface area contributed by atoms with E-state index < -0.39 is 5.60 Å². The van der Waals surface area contributed by atoms with Crippen LogP contribution in [0.1, 0.15) is 34.5 Å². The number of hydrogen-bond acceptors (Lipinski definition) is 6. The molecule has 2 N–H and O–H groups in total. The molecule has 2 bridgehead atoms. The zero-order valence-corrected chi connectivity index (χ0v) is 18.9. The fraction of sp³-hybridized carbons (Fsp3) is 0.296. The van der Waals surface area contributed by atoms with E-state index in [4.69, 9.17) is 4.74 Å². The summed E-state index contributed by atoms with van der Waals surface area (Å²) in [5.41, 5.74) is 1.59. The summed E-state index contributed by atoms with van der Waals surface area (Å²) in [6.07, 6.45) is 9.20. The second-order valence-corrected chi connectivity index (χ2v) is 8.95. The average Bonchev–Trinajstić information content (AvgIpc) is 2.88. The molecule has 1 amide bonds. The molecule has 4 heterocycles. The van der Waals surface area contributed by atoms with Gasteiger partial charge in [0, 0.05) is 18.3 Å². The smallest absolute Gasteiger partial charge is 0.251 e. The summed E-state index contributed by atoms with van der Waals surface area (Å²) in [4.78, 5) is 22.6. The summed E-state index contributed by atoms with van der Waals surface area (Å²) in [5.74, 6) is 1.54. The number of hydrogen-bond donors (Lipinski definition) is 2. The van der Waals surface area contributed by atoms with Crippen LogP contribution in [0.3, 0.4) is 0 Å². The van der Waals surface area contributed by atoms with Crippen molar-refractivity contribution in [3.05, 3.63) is 90.0 Å². The number of fused-ring (bicyclic) bond motifs is 3. The van der Waals surface area contributed by atoms with Crippen molar-refractivity contribution in [1.29, 1.82) is 0 Å². The Morgan fingerprint density at radius 2 is 1.79 bits per heavy atom. The normalized spacial score (nSPS) is 23.7. The Balaban J connectivity index is 1.15. The van der Waals surface area contributed by atoms with Crippen LogP contribution >= 0.6 is 0 Å². The zero-order valence-electron chi connectivity index (χ0n) is 18.9. The van der Waals surface area contributed by atoms with Gasteiger partial charge in [-0.15, -0.1) is 0 Å². The zero-order chi connectivity index (χ0) is 23.4. The number of carbonyl (C=O) groups is 1. The Kier molecular flexibility index (Phi) is 6.38. The van der Waals surface area contributed by atoms with Gasteiger partial charge in [0.05, 0.1) is 17.8 Å². The van der Waals surface area contributed by atoms with Crippen molar-refractivity contribution in [1.82, 2.24) is 20.2 Å². The van der Waals surface area contributed by atoms with Gasteiger partial charge in [0.25, 0.3) is 5.91 Å². The number of aliphatic hydroxyl groups is 1. The third-order valence-electron chi connectivity index (χ3n) is 6.64. The molecule has 0 aliphatic carbocycles. The Morgan fingerprint density at radius 1 is 1.09 bits per heavy atom. The first kappa shape index (κ1) is 22.3. The van der Waals surface area contributed by atoms with E-state index in [2.05, 4.69) is 20.2 Å². The van der Waals surface area contributed by atoms with E-state index in [9.17, 15) is 9.90 Å². The predicted octanol–water partition coefficient (Wildman–Crippen LogP) is 3.67. The van der Waals surface area contributed by atoms with Gasteiger partial charge < -0.3 is 20.1 Å². The molecule has 1 atom stereocenters. The van der Waals surface area contributed by atoms with Crippen LogP contribution in [-0.2, 0) is 6.54 Å². The van der Waals surface area contributed by atoms with Crippen molar-refractivity contribution in [3.8, 4) is 11.5 Å². The van der Waals surface area contributed by atoms with Gasteiger partial charge in [-0.1, -0.05) is 24.3 Å².